The molecule has 0 saturated carbocycles. The van der Waals surface area contributed by atoms with Gasteiger partial charge in [-0.15, -0.1) is 0 Å². The molecule has 2 aromatic heterocycles. The first-order valence-electron chi connectivity index (χ1n) is 6.63. The van der Waals surface area contributed by atoms with E-state index in [4.69, 9.17) is 11.6 Å². The van der Waals surface area contributed by atoms with Crippen molar-refractivity contribution in [2.24, 2.45) is 7.05 Å². The van der Waals surface area contributed by atoms with Gasteiger partial charge in [0.05, 0.1) is 12.7 Å². The molecule has 0 radical (unpaired) electrons. The lowest BCUT2D eigenvalue weighted by Gasteiger charge is -2.35. The van der Waals surface area contributed by atoms with Crippen molar-refractivity contribution in [1.29, 1.82) is 0 Å². The van der Waals surface area contributed by atoms with Crippen molar-refractivity contribution in [3.63, 3.8) is 0 Å². The third-order valence-corrected chi connectivity index (χ3v) is 3.87. The maximum atomic E-state index is 6.14. The summed E-state index contributed by atoms with van der Waals surface area (Å²) in [4.78, 5) is 17.2. The molecule has 3 heterocycles. The lowest BCUT2D eigenvalue weighted by molar-refractivity contribution is 0.241. The minimum atomic E-state index is 0.616. The smallest absolute Gasteiger partial charge is 0.150 e. The average molecular weight is 293 g/mol. The number of nitrogens with zero attached hydrogens (tertiary/aromatic N) is 6. The van der Waals surface area contributed by atoms with E-state index in [0.29, 0.717) is 5.02 Å². The highest BCUT2D eigenvalue weighted by Crippen LogP contribution is 2.22. The van der Waals surface area contributed by atoms with Gasteiger partial charge in [-0.25, -0.2) is 15.0 Å². The van der Waals surface area contributed by atoms with Crippen molar-refractivity contribution in [2.75, 3.05) is 31.1 Å². The van der Waals surface area contributed by atoms with Gasteiger partial charge in [0.25, 0.3) is 0 Å². The minimum Gasteiger partial charge on any atom is -0.353 e. The first kappa shape index (κ1) is 13.3. The largest absolute Gasteiger partial charge is 0.353 e. The minimum absolute atomic E-state index is 0.616. The molecule has 0 aliphatic carbocycles. The van der Waals surface area contributed by atoms with E-state index in [-0.39, 0.29) is 0 Å². The Balaban J connectivity index is 1.60. The van der Waals surface area contributed by atoms with E-state index in [0.717, 1.165) is 44.4 Å². The van der Waals surface area contributed by atoms with Gasteiger partial charge < -0.3 is 9.47 Å². The number of hydrogen-bond donors (Lipinski definition) is 0. The van der Waals surface area contributed by atoms with Gasteiger partial charge in [-0.3, -0.25) is 4.90 Å². The van der Waals surface area contributed by atoms with Crippen molar-refractivity contribution < 1.29 is 0 Å². The zero-order valence-corrected chi connectivity index (χ0v) is 12.2. The van der Waals surface area contributed by atoms with E-state index >= 15 is 0 Å². The van der Waals surface area contributed by atoms with Crippen LogP contribution in [0.25, 0.3) is 0 Å². The van der Waals surface area contributed by atoms with Crippen molar-refractivity contribution in [3.05, 3.63) is 35.8 Å². The van der Waals surface area contributed by atoms with Gasteiger partial charge in [-0.2, -0.15) is 0 Å². The molecule has 1 aliphatic heterocycles. The molecule has 1 fully saturated rings. The van der Waals surface area contributed by atoms with Crippen LogP contribution in [0.3, 0.4) is 0 Å². The van der Waals surface area contributed by atoms with E-state index in [9.17, 15) is 0 Å². The molecule has 2 aromatic rings. The Kier molecular flexibility index (Phi) is 3.84. The molecule has 0 spiro atoms. The molecular formula is C13H17ClN6. The summed E-state index contributed by atoms with van der Waals surface area (Å²) in [5.41, 5.74) is 0. The van der Waals surface area contributed by atoms with Crippen LogP contribution in [0.4, 0.5) is 5.82 Å². The third-order valence-electron chi connectivity index (χ3n) is 3.61. The number of aryl methyl sites for hydroxylation is 1. The summed E-state index contributed by atoms with van der Waals surface area (Å²) in [5.74, 6) is 1.93. The van der Waals surface area contributed by atoms with Crippen molar-refractivity contribution in [1.82, 2.24) is 24.4 Å². The lowest BCUT2D eigenvalue weighted by Crippen LogP contribution is -2.46. The fourth-order valence-electron chi connectivity index (χ4n) is 2.41. The summed E-state index contributed by atoms with van der Waals surface area (Å²) in [7, 11) is 2.03. The van der Waals surface area contributed by atoms with Gasteiger partial charge in [0.15, 0.2) is 5.82 Å². The first-order chi connectivity index (χ1) is 9.74. The molecule has 0 atom stereocenters. The normalized spacial score (nSPS) is 16.6. The van der Waals surface area contributed by atoms with Gasteiger partial charge >= 0.3 is 0 Å². The highest BCUT2D eigenvalue weighted by atomic mass is 35.5. The van der Waals surface area contributed by atoms with Crippen molar-refractivity contribution in [3.8, 4) is 0 Å². The molecule has 3 rings (SSSR count). The molecule has 20 heavy (non-hydrogen) atoms. The zero-order chi connectivity index (χ0) is 13.9. The van der Waals surface area contributed by atoms with Gasteiger partial charge in [-0.05, 0) is 0 Å². The summed E-state index contributed by atoms with van der Waals surface area (Å²) in [6, 6.07) is 0. The molecule has 0 amide bonds. The lowest BCUT2D eigenvalue weighted by atomic mass is 10.3. The van der Waals surface area contributed by atoms with Crippen molar-refractivity contribution >= 4 is 17.4 Å². The van der Waals surface area contributed by atoms with E-state index in [1.807, 2.05) is 19.4 Å². The highest BCUT2D eigenvalue weighted by Gasteiger charge is 2.20. The Morgan fingerprint density at radius 2 is 2.00 bits per heavy atom. The molecule has 106 valence electrons. The van der Waals surface area contributed by atoms with Crippen LogP contribution in [-0.4, -0.2) is 50.6 Å². The van der Waals surface area contributed by atoms with Crippen LogP contribution in [0, 0.1) is 0 Å². The summed E-state index contributed by atoms with van der Waals surface area (Å²) in [6.07, 6.45) is 7.00. The molecule has 1 aliphatic rings. The topological polar surface area (TPSA) is 50.1 Å². The van der Waals surface area contributed by atoms with E-state index < -0.39 is 0 Å². The average Bonchev–Trinajstić information content (AvgIpc) is 2.86. The van der Waals surface area contributed by atoms with E-state index in [1.165, 1.54) is 0 Å². The molecule has 0 unspecified atom stereocenters. The molecule has 0 bridgehead atoms. The van der Waals surface area contributed by atoms with Crippen LogP contribution in [0.2, 0.25) is 5.02 Å². The van der Waals surface area contributed by atoms with E-state index in [1.54, 1.807) is 12.5 Å². The van der Waals surface area contributed by atoms with Crippen molar-refractivity contribution in [2.45, 2.75) is 6.54 Å². The number of halogens is 1. The van der Waals surface area contributed by atoms with Crippen LogP contribution in [0.1, 0.15) is 5.82 Å². The van der Waals surface area contributed by atoms with Gasteiger partial charge in [0, 0.05) is 45.6 Å². The fourth-order valence-corrected chi connectivity index (χ4v) is 2.63. The number of imidazole rings is 1. The molecule has 1 saturated heterocycles. The summed E-state index contributed by atoms with van der Waals surface area (Å²) < 4.78 is 2.06. The van der Waals surface area contributed by atoms with Crippen LogP contribution >= 0.6 is 11.6 Å². The summed E-state index contributed by atoms with van der Waals surface area (Å²) in [5, 5.41) is 0.616. The third kappa shape index (κ3) is 2.76. The number of aromatic nitrogens is 4. The van der Waals surface area contributed by atoms with Crippen LogP contribution in [-0.2, 0) is 13.6 Å². The SMILES string of the molecule is Cn1ccnc1CN1CCN(c2ncncc2Cl)CC1. The Bertz CT molecular complexity index is 576. The van der Waals surface area contributed by atoms with E-state index in [2.05, 4.69) is 29.3 Å². The van der Waals surface area contributed by atoms with Gasteiger partial charge in [-0.1, -0.05) is 11.6 Å². The summed E-state index contributed by atoms with van der Waals surface area (Å²) >= 11 is 6.14. The zero-order valence-electron chi connectivity index (χ0n) is 11.4. The number of piperazine rings is 1. The Hall–Kier alpha value is -1.66. The van der Waals surface area contributed by atoms with Gasteiger partial charge in [0.2, 0.25) is 0 Å². The maximum Gasteiger partial charge on any atom is 0.150 e. The van der Waals surface area contributed by atoms with Crippen LogP contribution in [0.5, 0.6) is 0 Å². The molecule has 0 aromatic carbocycles. The second kappa shape index (κ2) is 5.76. The predicted octanol–water partition coefficient (Wildman–Crippen LogP) is 1.19. The van der Waals surface area contributed by atoms with Crippen LogP contribution in [0.15, 0.2) is 24.9 Å². The molecule has 0 N–H and O–H groups in total. The number of anilines is 1. The Morgan fingerprint density at radius 3 is 2.65 bits per heavy atom. The predicted molar refractivity (Wildman–Crippen MR) is 77.7 cm³/mol. The maximum absolute atomic E-state index is 6.14. The Morgan fingerprint density at radius 1 is 1.20 bits per heavy atom. The van der Waals surface area contributed by atoms with Crippen LogP contribution < -0.4 is 4.90 Å². The second-order valence-corrected chi connectivity index (χ2v) is 5.32. The quantitative estimate of drug-likeness (QED) is 0.850. The molecular weight excluding hydrogens is 276 g/mol. The monoisotopic (exact) mass is 292 g/mol. The first-order valence-corrected chi connectivity index (χ1v) is 7.01. The standard InChI is InChI=1S/C13H17ClN6/c1-18-3-2-16-12(18)9-19-4-6-20(7-5-19)13-11(14)8-15-10-17-13/h2-3,8,10H,4-7,9H2,1H3. The number of rotatable bonds is 3. The van der Waals surface area contributed by atoms with Gasteiger partial charge in [0.1, 0.15) is 17.2 Å². The Labute approximate surface area is 123 Å². The highest BCUT2D eigenvalue weighted by molar-refractivity contribution is 6.32. The summed E-state index contributed by atoms with van der Waals surface area (Å²) in [6.45, 7) is 4.68. The fraction of sp³-hybridized carbons (Fsp3) is 0.462. The molecule has 6 nitrogen and oxygen atoms in total. The second-order valence-electron chi connectivity index (χ2n) is 4.91. The number of hydrogen-bond acceptors (Lipinski definition) is 5. The molecule has 7 heteroatoms.